The number of carboxylic acids is 1. The maximum atomic E-state index is 16.8. The Hall–Kier alpha value is -1.53. The highest BCUT2D eigenvalue weighted by Gasteiger charge is 2.71. The highest BCUT2D eigenvalue weighted by Crippen LogP contribution is 2.70. The van der Waals surface area contributed by atoms with Crippen LogP contribution in [0.2, 0.25) is 0 Å². The van der Waals surface area contributed by atoms with E-state index in [4.69, 9.17) is 0 Å². The van der Waals surface area contributed by atoms with E-state index in [1.54, 1.807) is 13.0 Å². The molecule has 6 heteroatoms. The molecule has 0 radical (unpaired) electrons. The molecule has 1 unspecified atom stereocenters. The van der Waals surface area contributed by atoms with Gasteiger partial charge in [-0.3, -0.25) is 4.79 Å². The molecule has 3 fully saturated rings. The minimum absolute atomic E-state index is 0.0797. The molecule has 0 aromatic heterocycles. The van der Waals surface area contributed by atoms with Crippen molar-refractivity contribution in [3.05, 3.63) is 23.8 Å². The van der Waals surface area contributed by atoms with Crippen molar-refractivity contribution in [2.45, 2.75) is 64.3 Å². The number of rotatable bonds is 2. The predicted octanol–water partition coefficient (Wildman–Crippen LogP) is 2.66. The fourth-order valence-electron chi connectivity index (χ4n) is 7.44. The van der Waals surface area contributed by atoms with Crippen LogP contribution >= 0.6 is 0 Å². The summed E-state index contributed by atoms with van der Waals surface area (Å²) in [4.78, 5) is 23.3. The summed E-state index contributed by atoms with van der Waals surface area (Å²) in [7, 11) is 0. The quantitative estimate of drug-likeness (QED) is 0.672. The fourth-order valence-corrected chi connectivity index (χ4v) is 7.44. The summed E-state index contributed by atoms with van der Waals surface area (Å²) in [5.74, 6) is -2.59. The van der Waals surface area contributed by atoms with E-state index < -0.39 is 46.5 Å². The van der Waals surface area contributed by atoms with Gasteiger partial charge in [0.2, 0.25) is 0 Å². The summed E-state index contributed by atoms with van der Waals surface area (Å²) in [6, 6.07) is 0. The van der Waals surface area contributed by atoms with Crippen LogP contribution in [0.25, 0.3) is 0 Å². The molecule has 4 rings (SSSR count). The number of carbonyl (C=O) groups is 2. The lowest BCUT2D eigenvalue weighted by atomic mass is 9.45. The summed E-state index contributed by atoms with van der Waals surface area (Å²) in [6.45, 7) is 5.60. The third kappa shape index (κ3) is 2.25. The topological polar surface area (TPSA) is 94.8 Å². The van der Waals surface area contributed by atoms with E-state index >= 15 is 4.39 Å². The van der Waals surface area contributed by atoms with Crippen molar-refractivity contribution >= 4 is 11.8 Å². The van der Waals surface area contributed by atoms with Gasteiger partial charge in [-0.1, -0.05) is 25.5 Å². The zero-order chi connectivity index (χ0) is 20.6. The summed E-state index contributed by atoms with van der Waals surface area (Å²) in [5.41, 5.74) is -2.88. The number of aliphatic carboxylic acids is 1. The molecule has 0 heterocycles. The molecule has 0 aromatic rings. The van der Waals surface area contributed by atoms with Gasteiger partial charge < -0.3 is 15.3 Å². The average Bonchev–Trinajstić information content (AvgIpc) is 2.86. The molecule has 0 amide bonds. The third-order valence-electron chi connectivity index (χ3n) is 8.67. The first kappa shape index (κ1) is 19.8. The van der Waals surface area contributed by atoms with Crippen molar-refractivity contribution in [1.29, 1.82) is 0 Å². The molecule has 4 aliphatic carbocycles. The number of carbonyl (C=O) groups excluding carboxylic acids is 1. The predicted molar refractivity (Wildman–Crippen MR) is 100 cm³/mol. The molecule has 4 aliphatic rings. The van der Waals surface area contributed by atoms with E-state index in [0.717, 1.165) is 5.57 Å². The summed E-state index contributed by atoms with van der Waals surface area (Å²) >= 11 is 0. The van der Waals surface area contributed by atoms with Crippen LogP contribution in [0, 0.1) is 34.5 Å². The van der Waals surface area contributed by atoms with Crippen molar-refractivity contribution in [2.24, 2.45) is 34.5 Å². The number of hydrogen-bond acceptors (Lipinski definition) is 4. The second-order valence-electron chi connectivity index (χ2n) is 9.87. The monoisotopic (exact) mass is 392 g/mol. The minimum Gasteiger partial charge on any atom is -0.479 e. The zero-order valence-electron chi connectivity index (χ0n) is 16.6. The Balaban J connectivity index is 1.79. The Labute approximate surface area is 164 Å². The van der Waals surface area contributed by atoms with Gasteiger partial charge in [0.15, 0.2) is 17.6 Å². The normalized spacial score (nSPS) is 51.0. The van der Waals surface area contributed by atoms with E-state index in [0.29, 0.717) is 19.3 Å². The van der Waals surface area contributed by atoms with Gasteiger partial charge in [0, 0.05) is 17.3 Å². The van der Waals surface area contributed by atoms with Crippen LogP contribution in [0.15, 0.2) is 23.8 Å². The smallest absolute Gasteiger partial charge is 0.332 e. The Morgan fingerprint density at radius 3 is 2.64 bits per heavy atom. The first-order chi connectivity index (χ1) is 13.0. The van der Waals surface area contributed by atoms with Gasteiger partial charge in [-0.2, -0.15) is 0 Å². The molecule has 5 nitrogen and oxygen atoms in total. The maximum Gasteiger partial charge on any atom is 0.332 e. The largest absolute Gasteiger partial charge is 0.479 e. The highest BCUT2D eigenvalue weighted by atomic mass is 19.1. The minimum atomic E-state index is -1.92. The molecule has 0 spiro atoms. The molecular formula is C22H29FO5. The van der Waals surface area contributed by atoms with E-state index in [1.807, 2.05) is 13.8 Å². The number of aliphatic hydroxyl groups excluding tert-OH is 2. The first-order valence-electron chi connectivity index (χ1n) is 10.2. The van der Waals surface area contributed by atoms with Gasteiger partial charge in [-0.25, -0.2) is 9.18 Å². The molecule has 0 bridgehead atoms. The first-order valence-corrected chi connectivity index (χ1v) is 10.2. The standard InChI is InChI=1S/C22H29FO5/c1-11-8-15-14-5-4-12-9-13(24)6-7-21(12,3)22(14,23)16(25)10-20(15,2)17(11)18(26)19(27)28/h6-7,9,11,14-18,25-26H,4-5,8,10H2,1-3H3,(H,27,28)/t11-,14-,15-,16-,17+,18?,20-,21-,22-/m0/s1. The summed E-state index contributed by atoms with van der Waals surface area (Å²) in [5, 5.41) is 30.9. The van der Waals surface area contributed by atoms with E-state index in [2.05, 4.69) is 0 Å². The Bertz CT molecular complexity index is 790. The third-order valence-corrected chi connectivity index (χ3v) is 8.67. The molecule has 9 atom stereocenters. The summed E-state index contributed by atoms with van der Waals surface area (Å²) in [6.07, 6.45) is 3.53. The molecule has 28 heavy (non-hydrogen) atoms. The number of alkyl halides is 1. The molecule has 0 aliphatic heterocycles. The molecule has 3 N–H and O–H groups in total. The highest BCUT2D eigenvalue weighted by molar-refractivity contribution is 6.01. The van der Waals surface area contributed by atoms with Gasteiger partial charge in [0.05, 0.1) is 6.10 Å². The van der Waals surface area contributed by atoms with Crippen LogP contribution in [-0.4, -0.2) is 44.9 Å². The van der Waals surface area contributed by atoms with Crippen LogP contribution < -0.4 is 0 Å². The number of halogens is 1. The molecular weight excluding hydrogens is 363 g/mol. The fraction of sp³-hybridized carbons (Fsp3) is 0.727. The number of ketones is 1. The lowest BCUT2D eigenvalue weighted by Crippen LogP contribution is -2.67. The Morgan fingerprint density at radius 1 is 1.32 bits per heavy atom. The van der Waals surface area contributed by atoms with E-state index in [9.17, 15) is 24.9 Å². The van der Waals surface area contributed by atoms with E-state index in [1.165, 1.54) is 12.2 Å². The van der Waals surface area contributed by atoms with Crippen LogP contribution in [0.1, 0.15) is 46.5 Å². The van der Waals surface area contributed by atoms with Crippen molar-refractivity contribution in [1.82, 2.24) is 0 Å². The zero-order valence-corrected chi connectivity index (χ0v) is 16.6. The lowest BCUT2D eigenvalue weighted by molar-refractivity contribution is -0.202. The number of hydrogen-bond donors (Lipinski definition) is 3. The molecule has 0 aromatic carbocycles. The van der Waals surface area contributed by atoms with Crippen molar-refractivity contribution in [3.63, 3.8) is 0 Å². The lowest BCUT2D eigenvalue weighted by Gasteiger charge is -2.62. The number of allylic oxidation sites excluding steroid dienone is 4. The van der Waals surface area contributed by atoms with Gasteiger partial charge in [-0.15, -0.1) is 0 Å². The molecule has 154 valence electrons. The number of fused-ring (bicyclic) bond motifs is 5. The number of aliphatic hydroxyl groups is 2. The van der Waals surface area contributed by atoms with Gasteiger partial charge in [-0.05, 0) is 62.0 Å². The number of carboxylic acid groups (broad SMARTS) is 1. The summed E-state index contributed by atoms with van der Waals surface area (Å²) < 4.78 is 16.8. The van der Waals surface area contributed by atoms with Crippen LogP contribution in [0.4, 0.5) is 4.39 Å². The second-order valence-corrected chi connectivity index (χ2v) is 9.87. The van der Waals surface area contributed by atoms with Crippen molar-refractivity contribution < 1.29 is 29.3 Å². The molecule has 3 saturated carbocycles. The van der Waals surface area contributed by atoms with Crippen LogP contribution in [0.5, 0.6) is 0 Å². The molecule has 0 saturated heterocycles. The second kappa shape index (κ2) is 5.99. The maximum absolute atomic E-state index is 16.8. The van der Waals surface area contributed by atoms with Crippen molar-refractivity contribution in [2.75, 3.05) is 0 Å². The Morgan fingerprint density at radius 2 is 2.00 bits per heavy atom. The van der Waals surface area contributed by atoms with Crippen LogP contribution in [0.3, 0.4) is 0 Å². The average molecular weight is 392 g/mol. The van der Waals surface area contributed by atoms with Crippen LogP contribution in [-0.2, 0) is 9.59 Å². The van der Waals surface area contributed by atoms with Gasteiger partial charge in [0.1, 0.15) is 0 Å². The Kier molecular flexibility index (Phi) is 4.23. The van der Waals surface area contributed by atoms with Gasteiger partial charge in [0.25, 0.3) is 0 Å². The van der Waals surface area contributed by atoms with Crippen molar-refractivity contribution in [3.8, 4) is 0 Å². The van der Waals surface area contributed by atoms with E-state index in [-0.39, 0.29) is 24.0 Å². The SMILES string of the molecule is C[C@H]1C[C@H]2[C@@H]3CCC4=CC(=O)C=C[C@]4(C)[C@@]3(F)[C@@H](O)C[C@]2(C)[C@H]1C(O)C(=O)O. The van der Waals surface area contributed by atoms with Gasteiger partial charge >= 0.3 is 5.97 Å².